The Morgan fingerprint density at radius 1 is 0.806 bits per heavy atom. The van der Waals surface area contributed by atoms with Crippen molar-refractivity contribution in [3.63, 3.8) is 0 Å². The molecule has 2 aliphatic rings. The third kappa shape index (κ3) is 10.8. The number of benzene rings is 4. The number of ether oxygens (including phenoxy) is 6. The molecule has 374 valence electrons. The van der Waals surface area contributed by atoms with Crippen LogP contribution in [0, 0.1) is 6.92 Å². The first-order chi connectivity index (χ1) is 34.7. The number of anilines is 1. The number of hydrogen-bond acceptors (Lipinski definition) is 16. The summed E-state index contributed by atoms with van der Waals surface area (Å²) in [5.74, 6) is 0.566. The Labute approximate surface area is 423 Å². The molecule has 9 rings (SSSR count). The second-order valence-electron chi connectivity index (χ2n) is 16.9. The van der Waals surface area contributed by atoms with Crippen molar-refractivity contribution in [3.05, 3.63) is 177 Å². The lowest BCUT2D eigenvalue weighted by Gasteiger charge is -2.37. The van der Waals surface area contributed by atoms with Crippen LogP contribution in [0.5, 0.6) is 11.5 Å². The van der Waals surface area contributed by atoms with Gasteiger partial charge in [0.05, 0.1) is 39.9 Å². The summed E-state index contributed by atoms with van der Waals surface area (Å²) >= 11 is 10.8. The van der Waals surface area contributed by atoms with Gasteiger partial charge >= 0.3 is 11.7 Å². The van der Waals surface area contributed by atoms with Crippen molar-refractivity contribution >= 4 is 58.6 Å². The molecule has 0 spiro atoms. The molecule has 22 heteroatoms. The van der Waals surface area contributed by atoms with Gasteiger partial charge in [-0.3, -0.25) is 28.5 Å². The fraction of sp³-hybridized carbons (Fsp3) is 0.300. The molecule has 2 saturated heterocycles. The molecule has 1 unspecified atom stereocenters. The Bertz CT molecular complexity index is 3170. The number of methoxy groups -OCH3 is 2. The van der Waals surface area contributed by atoms with Crippen LogP contribution in [-0.4, -0.2) is 92.8 Å². The Kier molecular flexibility index (Phi) is 15.2. The smallest absolute Gasteiger partial charge is 0.330 e. The third-order valence-corrected chi connectivity index (χ3v) is 14.6. The highest BCUT2D eigenvalue weighted by Crippen LogP contribution is 2.57. The van der Waals surface area contributed by atoms with E-state index in [4.69, 9.17) is 61.5 Å². The first-order valence-electron chi connectivity index (χ1n) is 22.7. The van der Waals surface area contributed by atoms with Crippen LogP contribution in [0.15, 0.2) is 138 Å². The van der Waals surface area contributed by atoms with E-state index in [2.05, 4.69) is 25.3 Å². The predicted octanol–water partition coefficient (Wildman–Crippen LogP) is 7.03. The number of nitrogens with one attached hydrogen (secondary N) is 2. The summed E-state index contributed by atoms with van der Waals surface area (Å²) in [6, 6.07) is 33.8. The Morgan fingerprint density at radius 2 is 1.39 bits per heavy atom. The molecule has 4 aromatic carbocycles. The Balaban J connectivity index is 1.04. The molecule has 0 bridgehead atoms. The minimum atomic E-state index is -3.54. The van der Waals surface area contributed by atoms with Crippen LogP contribution < -0.4 is 26.0 Å². The number of amides is 1. The lowest BCUT2D eigenvalue weighted by atomic mass is 9.80. The quantitative estimate of drug-likeness (QED) is 0.0340. The average molecular weight is 1040 g/mol. The first kappa shape index (κ1) is 50.4. The van der Waals surface area contributed by atoms with Crippen LogP contribution >= 0.6 is 17.9 Å². The molecule has 5 heterocycles. The molecule has 0 radical (unpaired) electrons. The summed E-state index contributed by atoms with van der Waals surface area (Å²) in [6.07, 6.45) is -0.591. The first-order valence-corrected chi connectivity index (χ1v) is 26.5. The Hall–Kier alpha value is -6.55. The zero-order valence-electron chi connectivity index (χ0n) is 39.4. The molecular weight excluding hydrogens is 986 g/mol. The second kappa shape index (κ2) is 21.7. The van der Waals surface area contributed by atoms with E-state index >= 15 is 0 Å². The van der Waals surface area contributed by atoms with E-state index in [1.54, 1.807) is 56.3 Å². The van der Waals surface area contributed by atoms with Gasteiger partial charge < -0.3 is 42.8 Å². The zero-order valence-corrected chi connectivity index (χ0v) is 42.0. The number of rotatable bonds is 18. The maximum atomic E-state index is 13.2. The van der Waals surface area contributed by atoms with Crippen LogP contribution in [0.25, 0.3) is 11.2 Å². The van der Waals surface area contributed by atoms with E-state index < -0.39 is 65.4 Å². The lowest BCUT2D eigenvalue weighted by Crippen LogP contribution is -2.38. The van der Waals surface area contributed by atoms with Gasteiger partial charge in [0.25, 0.3) is 11.5 Å². The van der Waals surface area contributed by atoms with Crippen LogP contribution in [0.1, 0.15) is 64.8 Å². The van der Waals surface area contributed by atoms with Gasteiger partial charge in [-0.2, -0.15) is 0 Å². The Morgan fingerprint density at radius 3 is 2.01 bits per heavy atom. The largest absolute Gasteiger partial charge is 0.497 e. The number of aromatic nitrogens is 6. The zero-order chi connectivity index (χ0) is 50.6. The number of aromatic amines is 1. The van der Waals surface area contributed by atoms with E-state index in [9.17, 15) is 19.2 Å². The minimum absolute atomic E-state index is 0.0769. The molecule has 7 aromatic rings. The number of esters is 1. The van der Waals surface area contributed by atoms with Gasteiger partial charge in [0.15, 0.2) is 17.0 Å². The van der Waals surface area contributed by atoms with Crippen molar-refractivity contribution in [2.45, 2.75) is 69.2 Å². The van der Waals surface area contributed by atoms with Gasteiger partial charge in [-0.05, 0) is 71.8 Å². The summed E-state index contributed by atoms with van der Waals surface area (Å²) < 4.78 is 53.1. The van der Waals surface area contributed by atoms with Crippen LogP contribution in [-0.2, 0) is 50.2 Å². The normalized spacial score (nSPS) is 20.7. The van der Waals surface area contributed by atoms with Crippen molar-refractivity contribution in [2.75, 3.05) is 32.8 Å². The molecule has 3 aromatic heterocycles. The maximum Gasteiger partial charge on any atom is 0.330 e. The van der Waals surface area contributed by atoms with E-state index in [0.717, 1.165) is 16.7 Å². The highest BCUT2D eigenvalue weighted by atomic mass is 32.9. The van der Waals surface area contributed by atoms with Crippen molar-refractivity contribution in [1.29, 1.82) is 0 Å². The van der Waals surface area contributed by atoms with Gasteiger partial charge in [-0.25, -0.2) is 19.7 Å². The van der Waals surface area contributed by atoms with Crippen molar-refractivity contribution < 1.29 is 47.1 Å². The fourth-order valence-electron chi connectivity index (χ4n) is 8.86. The molecule has 1 amide bonds. The molecule has 7 atom stereocenters. The second-order valence-corrected chi connectivity index (χ2v) is 22.2. The monoisotopic (exact) mass is 1040 g/mol. The summed E-state index contributed by atoms with van der Waals surface area (Å²) in [5, 5.41) is 2.85. The number of imidazole rings is 1. The van der Waals surface area contributed by atoms with E-state index in [1.807, 2.05) is 84.9 Å². The topological polar surface area (TPSA) is 218 Å². The van der Waals surface area contributed by atoms with Crippen LogP contribution in [0.4, 0.5) is 5.82 Å². The number of H-pyrrole nitrogens is 1. The summed E-state index contributed by atoms with van der Waals surface area (Å²) in [6.45, 7) is 2.51. The lowest BCUT2D eigenvalue weighted by molar-refractivity contribution is -0.150. The molecule has 2 N–H and O–H groups in total. The summed E-state index contributed by atoms with van der Waals surface area (Å²) in [4.78, 5) is 66.3. The SMILES string of the molecule is COc1ccc(C(OC[C@H]2O[C@@H](n3cnc4c(NC(=O)c5ccccc5)ncnc43)C[C@@H]2OP(=S)(S)OC[C@H]2O[C@@H](n3cc(C)c(=O)[nH]c3=O)C[C@@H]2OC(C)=O)(c2ccccc2)c2ccc(OC)cc2)cc1. The van der Waals surface area contributed by atoms with Crippen molar-refractivity contribution in [2.24, 2.45) is 0 Å². The average Bonchev–Trinajstić information content (AvgIpc) is 4.12. The number of hydrogen-bond donors (Lipinski definition) is 3. The van der Waals surface area contributed by atoms with Gasteiger partial charge in [-0.1, -0.05) is 85.0 Å². The van der Waals surface area contributed by atoms with Gasteiger partial charge in [-0.15, -0.1) is 0 Å². The minimum Gasteiger partial charge on any atom is -0.497 e. The number of carbonyl (C=O) groups is 2. The fourth-order valence-corrected chi connectivity index (χ4v) is 10.9. The number of thiol groups is 1. The molecule has 2 aliphatic heterocycles. The van der Waals surface area contributed by atoms with Crippen molar-refractivity contribution in [1.82, 2.24) is 29.1 Å². The van der Waals surface area contributed by atoms with Gasteiger partial charge in [0.2, 0.25) is 5.69 Å². The number of nitrogens with zero attached hydrogens (tertiary/aromatic N) is 5. The van der Waals surface area contributed by atoms with Gasteiger partial charge in [0.1, 0.15) is 54.2 Å². The van der Waals surface area contributed by atoms with E-state index in [1.165, 1.54) is 24.0 Å². The number of fused-ring (bicyclic) bond motifs is 1. The van der Waals surface area contributed by atoms with Gasteiger partial charge in [0, 0.05) is 37.1 Å². The molecule has 19 nitrogen and oxygen atoms in total. The molecule has 0 aliphatic carbocycles. The standard InChI is InChI=1S/C50H50N7O12PS2/c1-30-25-56(49(61)55-47(30)59)42-23-38(66-31(2)58)41(68-42)27-65-70(71,72)69-39-24-43(57-29-53-44-45(51-28-52-46(44)57)54-48(60)32-11-7-5-8-12-32)67-40(39)26-64-50(33-13-9-6-10-14-33,34-15-19-36(62-3)20-16-34)35-17-21-37(63-4)22-18-35/h5-22,25,28-29,38-43H,23-24,26-27H2,1-4H3,(H,71,72)(H,55,59,61)(H,51,52,54,60)/t38-,39-,40+,41+,42+,43+/m0/s1. The highest BCUT2D eigenvalue weighted by molar-refractivity contribution is 8.60. The van der Waals surface area contributed by atoms with Crippen LogP contribution in [0.3, 0.4) is 0 Å². The third-order valence-electron chi connectivity index (χ3n) is 12.4. The number of carbonyl (C=O) groups excluding carboxylic acids is 2. The summed E-state index contributed by atoms with van der Waals surface area (Å²) in [5.41, 5.74) is -2.19. The van der Waals surface area contributed by atoms with Crippen LogP contribution in [0.2, 0.25) is 0 Å². The maximum absolute atomic E-state index is 13.2. The summed E-state index contributed by atoms with van der Waals surface area (Å²) in [7, 11) is 3.20. The molecular formula is C50H50N7O12PS2. The van der Waals surface area contributed by atoms with E-state index in [-0.39, 0.29) is 43.3 Å². The van der Waals surface area contributed by atoms with Crippen molar-refractivity contribution in [3.8, 4) is 11.5 Å². The molecule has 72 heavy (non-hydrogen) atoms. The predicted molar refractivity (Wildman–Crippen MR) is 271 cm³/mol. The number of aryl methyl sites for hydroxylation is 1. The van der Waals surface area contributed by atoms with E-state index in [0.29, 0.717) is 28.2 Å². The highest BCUT2D eigenvalue weighted by Gasteiger charge is 2.46. The molecule has 2 fully saturated rings. The molecule has 0 saturated carbocycles.